The molecule has 1 unspecified atom stereocenters. The van der Waals surface area contributed by atoms with Crippen molar-refractivity contribution in [3.8, 4) is 0 Å². The van der Waals surface area contributed by atoms with Gasteiger partial charge in [-0.3, -0.25) is 4.79 Å². The molecule has 0 aromatic heterocycles. The van der Waals surface area contributed by atoms with Gasteiger partial charge >= 0.3 is 12.0 Å². The minimum atomic E-state index is -0.748. The van der Waals surface area contributed by atoms with E-state index in [0.29, 0.717) is 12.8 Å². The van der Waals surface area contributed by atoms with Gasteiger partial charge in [-0.25, -0.2) is 4.79 Å². The van der Waals surface area contributed by atoms with E-state index in [1.807, 2.05) is 11.8 Å². The first-order valence-electron chi connectivity index (χ1n) is 6.02. The number of carbonyl (C=O) groups excluding carboxylic acids is 1. The van der Waals surface area contributed by atoms with E-state index in [1.54, 1.807) is 0 Å². The number of hydrogen-bond donors (Lipinski definition) is 3. The maximum Gasteiger partial charge on any atom is 0.315 e. The second kappa shape index (κ2) is 5.62. The Kier molecular flexibility index (Phi) is 4.15. The highest BCUT2D eigenvalue weighted by Crippen LogP contribution is 2.25. The van der Waals surface area contributed by atoms with Gasteiger partial charge in [-0.1, -0.05) is 0 Å². The lowest BCUT2D eigenvalue weighted by atomic mass is 10.1. The average Bonchev–Trinajstić information content (AvgIpc) is 2.88. The minimum absolute atomic E-state index is 0.0187. The Bertz CT molecular complexity index is 305. The molecule has 0 aromatic rings. The van der Waals surface area contributed by atoms with Crippen LogP contribution in [0.25, 0.3) is 0 Å². The minimum Gasteiger partial charge on any atom is -0.481 e. The Labute approximate surface area is 105 Å². The molecule has 17 heavy (non-hydrogen) atoms. The van der Waals surface area contributed by atoms with Crippen LogP contribution in [-0.4, -0.2) is 40.7 Å². The summed E-state index contributed by atoms with van der Waals surface area (Å²) in [6, 6.07) is 0.148. The molecule has 2 rings (SSSR count). The van der Waals surface area contributed by atoms with Crippen molar-refractivity contribution in [2.75, 3.05) is 11.5 Å². The Hall–Kier alpha value is -0.910. The molecule has 96 valence electrons. The quantitative estimate of drug-likeness (QED) is 0.707. The smallest absolute Gasteiger partial charge is 0.315 e. The van der Waals surface area contributed by atoms with Crippen LogP contribution in [0, 0.1) is 5.92 Å². The molecule has 0 bridgehead atoms. The maximum absolute atomic E-state index is 11.7. The molecule has 1 aliphatic heterocycles. The van der Waals surface area contributed by atoms with Crippen molar-refractivity contribution in [2.45, 2.75) is 37.8 Å². The van der Waals surface area contributed by atoms with Gasteiger partial charge in [-0.15, -0.1) is 0 Å². The normalized spacial score (nSPS) is 32.4. The number of nitrogens with one attached hydrogen (secondary N) is 2. The fraction of sp³-hybridized carbons (Fsp3) is 0.818. The molecule has 3 N–H and O–H groups in total. The summed E-state index contributed by atoms with van der Waals surface area (Å²) >= 11 is 1.85. The van der Waals surface area contributed by atoms with Crippen molar-refractivity contribution >= 4 is 23.8 Å². The molecule has 6 heteroatoms. The first-order valence-corrected chi connectivity index (χ1v) is 7.18. The Balaban J connectivity index is 1.70. The van der Waals surface area contributed by atoms with Crippen LogP contribution in [0.15, 0.2) is 0 Å². The third kappa shape index (κ3) is 3.52. The van der Waals surface area contributed by atoms with E-state index in [4.69, 9.17) is 5.11 Å². The largest absolute Gasteiger partial charge is 0.481 e. The fourth-order valence-electron chi connectivity index (χ4n) is 2.40. The Morgan fingerprint density at radius 3 is 2.47 bits per heavy atom. The monoisotopic (exact) mass is 258 g/mol. The number of urea groups is 1. The zero-order valence-electron chi connectivity index (χ0n) is 9.65. The third-order valence-corrected chi connectivity index (χ3v) is 4.54. The summed E-state index contributed by atoms with van der Waals surface area (Å²) in [6.45, 7) is 0. The fourth-order valence-corrected chi connectivity index (χ4v) is 3.55. The van der Waals surface area contributed by atoms with Crippen molar-refractivity contribution in [3.63, 3.8) is 0 Å². The van der Waals surface area contributed by atoms with E-state index in [9.17, 15) is 9.59 Å². The van der Waals surface area contributed by atoms with Gasteiger partial charge in [0.05, 0.1) is 5.92 Å². The number of aliphatic carboxylic acids is 1. The highest BCUT2D eigenvalue weighted by atomic mass is 32.2. The van der Waals surface area contributed by atoms with Gasteiger partial charge in [0.2, 0.25) is 0 Å². The van der Waals surface area contributed by atoms with Gasteiger partial charge in [0.25, 0.3) is 0 Å². The van der Waals surface area contributed by atoms with Crippen molar-refractivity contribution in [2.24, 2.45) is 5.92 Å². The van der Waals surface area contributed by atoms with Crippen molar-refractivity contribution in [1.82, 2.24) is 10.6 Å². The zero-order valence-corrected chi connectivity index (χ0v) is 10.5. The second-order valence-electron chi connectivity index (χ2n) is 4.72. The van der Waals surface area contributed by atoms with Gasteiger partial charge in [-0.05, 0) is 31.4 Å². The summed E-state index contributed by atoms with van der Waals surface area (Å²) in [5, 5.41) is 14.7. The summed E-state index contributed by atoms with van der Waals surface area (Å²) in [6.07, 6.45) is 3.02. The number of thioether (sulfide) groups is 1. The Morgan fingerprint density at radius 2 is 1.88 bits per heavy atom. The van der Waals surface area contributed by atoms with Crippen LogP contribution in [0.5, 0.6) is 0 Å². The van der Waals surface area contributed by atoms with Crippen LogP contribution in [0.3, 0.4) is 0 Å². The lowest BCUT2D eigenvalue weighted by molar-refractivity contribution is -0.141. The van der Waals surface area contributed by atoms with Crippen molar-refractivity contribution in [1.29, 1.82) is 0 Å². The van der Waals surface area contributed by atoms with Crippen LogP contribution < -0.4 is 10.6 Å². The topological polar surface area (TPSA) is 78.4 Å². The molecule has 5 nitrogen and oxygen atoms in total. The van der Waals surface area contributed by atoms with E-state index in [1.165, 1.54) is 0 Å². The highest BCUT2D eigenvalue weighted by Gasteiger charge is 2.30. The average molecular weight is 258 g/mol. The summed E-state index contributed by atoms with van der Waals surface area (Å²) in [4.78, 5) is 22.4. The van der Waals surface area contributed by atoms with Crippen molar-refractivity contribution < 1.29 is 14.7 Å². The summed E-state index contributed by atoms with van der Waals surface area (Å²) in [5.41, 5.74) is 0. The molecule has 0 aromatic carbocycles. The van der Waals surface area contributed by atoms with Crippen LogP contribution in [0.1, 0.15) is 25.7 Å². The predicted molar refractivity (Wildman–Crippen MR) is 66.2 cm³/mol. The van der Waals surface area contributed by atoms with E-state index in [2.05, 4.69) is 10.6 Å². The summed E-state index contributed by atoms with van der Waals surface area (Å²) in [5.74, 6) is 1.05. The van der Waals surface area contributed by atoms with E-state index >= 15 is 0 Å². The van der Waals surface area contributed by atoms with Gasteiger partial charge in [-0.2, -0.15) is 11.8 Å². The van der Waals surface area contributed by atoms with Crippen molar-refractivity contribution in [3.05, 3.63) is 0 Å². The SMILES string of the molecule is O=C(NC1CCSC1)N[C@H]1CC[C@@H](C(=O)O)C1. The number of rotatable bonds is 3. The number of amides is 2. The molecule has 1 saturated carbocycles. The Morgan fingerprint density at radius 1 is 1.12 bits per heavy atom. The molecule has 2 fully saturated rings. The molecule has 2 aliphatic rings. The standard InChI is InChI=1S/C11H18N2O3S/c14-10(15)7-1-2-8(5-7)12-11(16)13-9-3-4-17-6-9/h7-9H,1-6H2,(H,14,15)(H2,12,13,16)/t7-,8+,9?/m1/s1. The molecule has 1 saturated heterocycles. The molecular formula is C11H18N2O3S. The number of hydrogen-bond acceptors (Lipinski definition) is 3. The molecule has 0 radical (unpaired) electrons. The van der Waals surface area contributed by atoms with Gasteiger partial charge in [0, 0.05) is 17.8 Å². The molecule has 3 atom stereocenters. The first kappa shape index (κ1) is 12.5. The van der Waals surface area contributed by atoms with Crippen LogP contribution in [-0.2, 0) is 4.79 Å². The van der Waals surface area contributed by atoms with E-state index in [-0.39, 0.29) is 24.0 Å². The number of carboxylic acid groups (broad SMARTS) is 1. The van der Waals surface area contributed by atoms with E-state index in [0.717, 1.165) is 24.3 Å². The van der Waals surface area contributed by atoms with Crippen LogP contribution in [0.4, 0.5) is 4.79 Å². The molecule has 2 amide bonds. The number of carbonyl (C=O) groups is 2. The van der Waals surface area contributed by atoms with Gasteiger partial charge in [0.1, 0.15) is 0 Å². The zero-order chi connectivity index (χ0) is 12.3. The summed E-state index contributed by atoms with van der Waals surface area (Å²) < 4.78 is 0. The second-order valence-corrected chi connectivity index (χ2v) is 5.87. The lowest BCUT2D eigenvalue weighted by Crippen LogP contribution is -2.45. The van der Waals surface area contributed by atoms with Crippen LogP contribution in [0.2, 0.25) is 0 Å². The first-order chi connectivity index (χ1) is 8.15. The highest BCUT2D eigenvalue weighted by molar-refractivity contribution is 7.99. The van der Waals surface area contributed by atoms with Crippen LogP contribution >= 0.6 is 11.8 Å². The van der Waals surface area contributed by atoms with Gasteiger partial charge in [0.15, 0.2) is 0 Å². The van der Waals surface area contributed by atoms with Gasteiger partial charge < -0.3 is 15.7 Å². The number of carboxylic acids is 1. The predicted octanol–water partition coefficient (Wildman–Crippen LogP) is 1.04. The molecule has 1 aliphatic carbocycles. The molecular weight excluding hydrogens is 240 g/mol. The van der Waals surface area contributed by atoms with E-state index < -0.39 is 5.97 Å². The molecule has 0 spiro atoms. The lowest BCUT2D eigenvalue weighted by Gasteiger charge is -2.16. The maximum atomic E-state index is 11.7. The third-order valence-electron chi connectivity index (χ3n) is 3.38. The summed E-state index contributed by atoms with van der Waals surface area (Å²) in [7, 11) is 0. The molecule has 1 heterocycles.